The quantitative estimate of drug-likeness (QED) is 0.641. The predicted molar refractivity (Wildman–Crippen MR) is 105 cm³/mol. The van der Waals surface area contributed by atoms with Gasteiger partial charge in [0.25, 0.3) is 0 Å². The lowest BCUT2D eigenvalue weighted by Crippen LogP contribution is -2.32. The van der Waals surface area contributed by atoms with Gasteiger partial charge in [-0.05, 0) is 48.7 Å². The van der Waals surface area contributed by atoms with Crippen molar-refractivity contribution in [3.63, 3.8) is 0 Å². The van der Waals surface area contributed by atoms with Crippen molar-refractivity contribution in [1.29, 1.82) is 0 Å². The molecule has 1 atom stereocenters. The van der Waals surface area contributed by atoms with Gasteiger partial charge in [-0.1, -0.05) is 35.0 Å². The Morgan fingerprint density at radius 1 is 1.25 bits per heavy atom. The predicted octanol–water partition coefficient (Wildman–Crippen LogP) is 4.30. The molecule has 2 heterocycles. The molecule has 1 amide bonds. The molecule has 1 fully saturated rings. The first kappa shape index (κ1) is 18.5. The first-order valence-electron chi connectivity index (χ1n) is 9.16. The van der Waals surface area contributed by atoms with E-state index in [1.165, 1.54) is 0 Å². The number of methoxy groups -OCH3 is 1. The molecule has 4 rings (SSSR count). The monoisotopic (exact) mass is 397 g/mol. The summed E-state index contributed by atoms with van der Waals surface area (Å²) in [6, 6.07) is 14.7. The van der Waals surface area contributed by atoms with Gasteiger partial charge in [0, 0.05) is 17.1 Å². The van der Waals surface area contributed by atoms with Gasteiger partial charge in [-0.2, -0.15) is 4.98 Å². The van der Waals surface area contributed by atoms with Gasteiger partial charge in [0.2, 0.25) is 17.6 Å². The van der Waals surface area contributed by atoms with E-state index in [2.05, 4.69) is 10.1 Å². The normalized spacial score (nSPS) is 16.4. The minimum Gasteiger partial charge on any atom is -0.497 e. The van der Waals surface area contributed by atoms with Crippen LogP contribution in [0.5, 0.6) is 5.75 Å². The van der Waals surface area contributed by atoms with E-state index < -0.39 is 0 Å². The Bertz CT molecular complexity index is 971. The second-order valence-electron chi connectivity index (χ2n) is 6.70. The standard InChI is InChI=1S/C21H20ClN3O3/c1-27-16-10-8-14(9-11-16)20-23-21(28-24-20)18-7-4-12-25(18)19(26)13-15-5-2-3-6-17(15)22/h2-3,5-6,8-11,18H,4,7,12-13H2,1H3/t18-/m1/s1. The van der Waals surface area contributed by atoms with Gasteiger partial charge < -0.3 is 14.2 Å². The third-order valence-electron chi connectivity index (χ3n) is 4.95. The smallest absolute Gasteiger partial charge is 0.249 e. The molecular weight excluding hydrogens is 378 g/mol. The van der Waals surface area contributed by atoms with Crippen molar-refractivity contribution in [2.75, 3.05) is 13.7 Å². The molecule has 28 heavy (non-hydrogen) atoms. The number of likely N-dealkylation sites (tertiary alicyclic amines) is 1. The zero-order chi connectivity index (χ0) is 19.5. The maximum Gasteiger partial charge on any atom is 0.249 e. The summed E-state index contributed by atoms with van der Waals surface area (Å²) in [4.78, 5) is 19.2. The van der Waals surface area contributed by atoms with Crippen molar-refractivity contribution in [1.82, 2.24) is 15.0 Å². The summed E-state index contributed by atoms with van der Waals surface area (Å²) in [5.41, 5.74) is 1.66. The van der Waals surface area contributed by atoms with Crippen molar-refractivity contribution >= 4 is 17.5 Å². The molecule has 0 aliphatic carbocycles. The van der Waals surface area contributed by atoms with Crippen LogP contribution in [0.4, 0.5) is 0 Å². The van der Waals surface area contributed by atoms with Gasteiger partial charge >= 0.3 is 0 Å². The average Bonchev–Trinajstić information content (AvgIpc) is 3.39. The second kappa shape index (κ2) is 8.02. The number of hydrogen-bond donors (Lipinski definition) is 0. The minimum absolute atomic E-state index is 0.0137. The molecule has 144 valence electrons. The first-order chi connectivity index (χ1) is 13.7. The molecular formula is C21H20ClN3O3. The number of carbonyl (C=O) groups is 1. The Labute approximate surface area is 168 Å². The summed E-state index contributed by atoms with van der Waals surface area (Å²) in [6.07, 6.45) is 1.97. The van der Waals surface area contributed by atoms with E-state index >= 15 is 0 Å². The number of halogens is 1. The summed E-state index contributed by atoms with van der Waals surface area (Å²) >= 11 is 6.20. The van der Waals surface area contributed by atoms with Gasteiger partial charge in [0.05, 0.1) is 13.5 Å². The number of carbonyl (C=O) groups excluding carboxylic acids is 1. The summed E-state index contributed by atoms with van der Waals surface area (Å²) in [6.45, 7) is 0.675. The summed E-state index contributed by atoms with van der Waals surface area (Å²) < 4.78 is 10.7. The van der Waals surface area contributed by atoms with E-state index in [1.807, 2.05) is 47.4 Å². The molecule has 1 aliphatic rings. The first-order valence-corrected chi connectivity index (χ1v) is 9.54. The lowest BCUT2D eigenvalue weighted by Gasteiger charge is -2.22. The summed E-state index contributed by atoms with van der Waals surface area (Å²) in [5.74, 6) is 1.75. The Hall–Kier alpha value is -2.86. The van der Waals surface area contributed by atoms with Crippen molar-refractivity contribution in [2.45, 2.75) is 25.3 Å². The van der Waals surface area contributed by atoms with Gasteiger partial charge in [-0.15, -0.1) is 0 Å². The molecule has 0 unspecified atom stereocenters. The van der Waals surface area contributed by atoms with Crippen LogP contribution in [-0.4, -0.2) is 34.6 Å². The highest BCUT2D eigenvalue weighted by molar-refractivity contribution is 6.31. The lowest BCUT2D eigenvalue weighted by atomic mass is 10.1. The van der Waals surface area contributed by atoms with Crippen LogP contribution in [0, 0.1) is 0 Å². The topological polar surface area (TPSA) is 68.5 Å². The largest absolute Gasteiger partial charge is 0.497 e. The van der Waals surface area contributed by atoms with E-state index in [0.717, 1.165) is 29.7 Å². The molecule has 3 aromatic rings. The minimum atomic E-state index is -0.200. The van der Waals surface area contributed by atoms with Gasteiger partial charge in [0.15, 0.2) is 0 Å². The molecule has 2 aromatic carbocycles. The highest BCUT2D eigenvalue weighted by Gasteiger charge is 2.34. The Kier molecular flexibility index (Phi) is 5.30. The number of amides is 1. The van der Waals surface area contributed by atoms with Gasteiger partial charge in [0.1, 0.15) is 11.8 Å². The molecule has 0 N–H and O–H groups in total. The molecule has 0 saturated carbocycles. The van der Waals surface area contributed by atoms with Crippen LogP contribution < -0.4 is 4.74 Å². The number of aromatic nitrogens is 2. The van der Waals surface area contributed by atoms with E-state index in [1.54, 1.807) is 13.2 Å². The van der Waals surface area contributed by atoms with E-state index in [9.17, 15) is 4.79 Å². The van der Waals surface area contributed by atoms with Crippen LogP contribution in [0.3, 0.4) is 0 Å². The Morgan fingerprint density at radius 2 is 2.04 bits per heavy atom. The highest BCUT2D eigenvalue weighted by atomic mass is 35.5. The van der Waals surface area contributed by atoms with Crippen LogP contribution in [0.15, 0.2) is 53.1 Å². The van der Waals surface area contributed by atoms with Crippen LogP contribution in [0.1, 0.15) is 30.3 Å². The average molecular weight is 398 g/mol. The Morgan fingerprint density at radius 3 is 2.79 bits per heavy atom. The zero-order valence-corrected chi connectivity index (χ0v) is 16.2. The molecule has 0 bridgehead atoms. The molecule has 1 aromatic heterocycles. The van der Waals surface area contributed by atoms with Crippen molar-refractivity contribution in [3.8, 4) is 17.1 Å². The Balaban J connectivity index is 1.51. The van der Waals surface area contributed by atoms with Crippen LogP contribution in [-0.2, 0) is 11.2 Å². The van der Waals surface area contributed by atoms with Crippen LogP contribution in [0.25, 0.3) is 11.4 Å². The number of ether oxygens (including phenoxy) is 1. The summed E-state index contributed by atoms with van der Waals surface area (Å²) in [7, 11) is 1.62. The number of benzene rings is 2. The molecule has 1 saturated heterocycles. The third kappa shape index (κ3) is 3.73. The van der Waals surface area contributed by atoms with E-state index in [-0.39, 0.29) is 18.4 Å². The van der Waals surface area contributed by atoms with E-state index in [4.69, 9.17) is 20.9 Å². The van der Waals surface area contributed by atoms with Crippen LogP contribution >= 0.6 is 11.6 Å². The zero-order valence-electron chi connectivity index (χ0n) is 15.5. The molecule has 6 nitrogen and oxygen atoms in total. The van der Waals surface area contributed by atoms with Crippen molar-refractivity contribution in [3.05, 3.63) is 65.0 Å². The maximum absolute atomic E-state index is 12.9. The fourth-order valence-electron chi connectivity index (χ4n) is 3.46. The van der Waals surface area contributed by atoms with Crippen molar-refractivity contribution < 1.29 is 14.1 Å². The maximum atomic E-state index is 12.9. The fourth-order valence-corrected chi connectivity index (χ4v) is 3.66. The third-order valence-corrected chi connectivity index (χ3v) is 5.32. The van der Waals surface area contributed by atoms with Gasteiger partial charge in [-0.25, -0.2) is 0 Å². The lowest BCUT2D eigenvalue weighted by molar-refractivity contribution is -0.131. The van der Waals surface area contributed by atoms with Crippen LogP contribution in [0.2, 0.25) is 5.02 Å². The second-order valence-corrected chi connectivity index (χ2v) is 7.11. The summed E-state index contributed by atoms with van der Waals surface area (Å²) in [5, 5.41) is 4.70. The number of hydrogen-bond acceptors (Lipinski definition) is 5. The molecule has 0 radical (unpaired) electrons. The number of rotatable bonds is 5. The van der Waals surface area contributed by atoms with Crippen molar-refractivity contribution in [2.24, 2.45) is 0 Å². The number of nitrogens with zero attached hydrogens (tertiary/aromatic N) is 3. The highest BCUT2D eigenvalue weighted by Crippen LogP contribution is 2.33. The molecule has 1 aliphatic heterocycles. The van der Waals surface area contributed by atoms with Gasteiger partial charge in [-0.3, -0.25) is 4.79 Å². The fraction of sp³-hybridized carbons (Fsp3) is 0.286. The molecule has 0 spiro atoms. The molecule has 7 heteroatoms. The van der Waals surface area contributed by atoms with E-state index in [0.29, 0.717) is 23.3 Å². The SMILES string of the molecule is COc1ccc(-c2noc([C@H]3CCCN3C(=O)Cc3ccccc3Cl)n2)cc1.